The molecular weight excluding hydrogens is 590 g/mol. The van der Waals surface area contributed by atoms with Gasteiger partial charge in [-0.05, 0) is 36.7 Å². The molecule has 250 valence electrons. The molecule has 0 saturated heterocycles. The molecule has 2 amide bonds. The van der Waals surface area contributed by atoms with E-state index in [2.05, 4.69) is 31.1 Å². The normalized spacial score (nSPS) is 15.0. The molecule has 0 aliphatic rings. The van der Waals surface area contributed by atoms with E-state index in [1.807, 2.05) is 58.2 Å². The minimum Gasteiger partial charge on any atom is -0.466 e. The highest BCUT2D eigenvalue weighted by Crippen LogP contribution is 2.35. The number of carbonyl (C=O) groups excluding carboxylic acids is 4. The number of hydrogen-bond acceptors (Lipinski definition) is 8. The van der Waals surface area contributed by atoms with Gasteiger partial charge in [0.2, 0.25) is 5.91 Å². The van der Waals surface area contributed by atoms with Gasteiger partial charge < -0.3 is 19.7 Å². The second-order valence-electron chi connectivity index (χ2n) is 13.0. The lowest BCUT2D eigenvalue weighted by atomic mass is 9.76. The van der Waals surface area contributed by atoms with Crippen molar-refractivity contribution in [3.8, 4) is 0 Å². The number of nitrogens with zero attached hydrogens (tertiary/aromatic N) is 2. The Kier molecular flexibility index (Phi) is 14.7. The monoisotopic (exact) mass is 643 g/mol. The van der Waals surface area contributed by atoms with E-state index in [-0.39, 0.29) is 52.8 Å². The van der Waals surface area contributed by atoms with Gasteiger partial charge in [0.05, 0.1) is 12.5 Å². The van der Waals surface area contributed by atoms with Crippen molar-refractivity contribution in [1.82, 2.24) is 15.2 Å². The molecule has 45 heavy (non-hydrogen) atoms. The largest absolute Gasteiger partial charge is 0.466 e. The van der Waals surface area contributed by atoms with E-state index < -0.39 is 18.0 Å². The van der Waals surface area contributed by atoms with Crippen LogP contribution in [0.1, 0.15) is 109 Å². The van der Waals surface area contributed by atoms with Crippen molar-refractivity contribution < 1.29 is 28.7 Å². The molecule has 0 spiro atoms. The van der Waals surface area contributed by atoms with Gasteiger partial charge in [-0.2, -0.15) is 0 Å². The molecule has 1 N–H and O–H groups in total. The fraction of sp³-hybridized carbons (Fsp3) is 0.629. The summed E-state index contributed by atoms with van der Waals surface area (Å²) in [5.74, 6) is -1.61. The van der Waals surface area contributed by atoms with E-state index in [0.29, 0.717) is 30.9 Å². The molecular formula is C35H53N3O6S. The summed E-state index contributed by atoms with van der Waals surface area (Å²) in [5.41, 5.74) is 1.08. The summed E-state index contributed by atoms with van der Waals surface area (Å²) < 4.78 is 10.9. The molecule has 10 heteroatoms. The summed E-state index contributed by atoms with van der Waals surface area (Å²) in [7, 11) is 1.81. The Balaban J connectivity index is 2.29. The Hall–Kier alpha value is -3.27. The number of benzene rings is 1. The predicted octanol–water partition coefficient (Wildman–Crippen LogP) is 6.62. The lowest BCUT2D eigenvalue weighted by Gasteiger charge is -2.38. The zero-order valence-electron chi connectivity index (χ0n) is 28.7. The Labute approximate surface area is 273 Å². The van der Waals surface area contributed by atoms with E-state index in [1.54, 1.807) is 24.1 Å². The SMILES string of the molecule is CCOC(=O)[C@@H](C)C[C@H](Cc1ccccc1)NC(=O)c1csc([C@@H](C[C@H](C(C)C)N(C)C(=O)[C@@H](C)C(C)(C)CC)OC(C)=O)n1. The molecule has 2 rings (SSSR count). The number of nitrogens with one attached hydrogen (secondary N) is 1. The zero-order valence-corrected chi connectivity index (χ0v) is 29.5. The highest BCUT2D eigenvalue weighted by Gasteiger charge is 2.36. The van der Waals surface area contributed by atoms with Gasteiger partial charge >= 0.3 is 11.9 Å². The maximum atomic E-state index is 13.5. The van der Waals surface area contributed by atoms with E-state index in [1.165, 1.54) is 18.3 Å². The quantitative estimate of drug-likeness (QED) is 0.193. The Bertz CT molecular complexity index is 1260. The molecule has 5 atom stereocenters. The van der Waals surface area contributed by atoms with E-state index in [0.717, 1.165) is 12.0 Å². The van der Waals surface area contributed by atoms with Crippen LogP contribution in [0.3, 0.4) is 0 Å². The molecule has 0 radical (unpaired) electrons. The zero-order chi connectivity index (χ0) is 33.9. The second-order valence-corrected chi connectivity index (χ2v) is 13.9. The van der Waals surface area contributed by atoms with Crippen molar-refractivity contribution in [3.63, 3.8) is 0 Å². The van der Waals surface area contributed by atoms with E-state index in [4.69, 9.17) is 9.47 Å². The highest BCUT2D eigenvalue weighted by molar-refractivity contribution is 7.09. The molecule has 0 fully saturated rings. The Morgan fingerprint density at radius 1 is 1.02 bits per heavy atom. The minimum absolute atomic E-state index is 0.0443. The number of hydrogen-bond donors (Lipinski definition) is 1. The Morgan fingerprint density at radius 3 is 2.22 bits per heavy atom. The first kappa shape index (κ1) is 37.9. The fourth-order valence-corrected chi connectivity index (χ4v) is 6.14. The standard InChI is InChI=1S/C35H53N3O6S/c1-11-35(8,9)24(6)33(41)38(10)29(22(3)4)20-30(44-25(7)39)32-37-28(21-45-32)31(40)36-27(18-23(5)34(42)43-12-2)19-26-16-14-13-15-17-26/h13-17,21-24,27,29-30H,11-12,18-20H2,1-10H3,(H,36,40)/t23-,24+,27+,29+,30+/m0/s1. The smallest absolute Gasteiger partial charge is 0.308 e. The first-order valence-corrected chi connectivity index (χ1v) is 16.9. The summed E-state index contributed by atoms with van der Waals surface area (Å²) in [4.78, 5) is 57.9. The van der Waals surface area contributed by atoms with Gasteiger partial charge in [-0.15, -0.1) is 11.3 Å². The first-order valence-electron chi connectivity index (χ1n) is 16.0. The van der Waals surface area contributed by atoms with E-state index >= 15 is 0 Å². The molecule has 0 aliphatic heterocycles. The van der Waals surface area contributed by atoms with Crippen molar-refractivity contribution in [2.24, 2.45) is 23.2 Å². The van der Waals surface area contributed by atoms with Gasteiger partial charge in [-0.3, -0.25) is 19.2 Å². The van der Waals surface area contributed by atoms with Crippen LogP contribution in [0.15, 0.2) is 35.7 Å². The van der Waals surface area contributed by atoms with Crippen LogP contribution in [0.2, 0.25) is 0 Å². The maximum absolute atomic E-state index is 13.5. The highest BCUT2D eigenvalue weighted by atomic mass is 32.1. The number of aromatic nitrogens is 1. The van der Waals surface area contributed by atoms with Crippen LogP contribution in [-0.2, 0) is 30.3 Å². The molecule has 1 aromatic carbocycles. The third kappa shape index (κ3) is 11.2. The number of rotatable bonds is 17. The summed E-state index contributed by atoms with van der Waals surface area (Å²) >= 11 is 1.25. The summed E-state index contributed by atoms with van der Waals surface area (Å²) in [6.07, 6.45) is 1.42. The molecule has 2 aromatic rings. The molecule has 0 aliphatic carbocycles. The van der Waals surface area contributed by atoms with Gasteiger partial charge in [-0.25, -0.2) is 4.98 Å². The van der Waals surface area contributed by atoms with Gasteiger partial charge in [0.1, 0.15) is 10.7 Å². The Morgan fingerprint density at radius 2 is 1.67 bits per heavy atom. The average molecular weight is 644 g/mol. The number of carbonyl (C=O) groups is 4. The van der Waals surface area contributed by atoms with Crippen LogP contribution in [0.4, 0.5) is 0 Å². The van der Waals surface area contributed by atoms with Crippen LogP contribution in [0.5, 0.6) is 0 Å². The lowest BCUT2D eigenvalue weighted by molar-refractivity contribution is -0.149. The first-order chi connectivity index (χ1) is 21.1. The third-order valence-corrected chi connectivity index (χ3v) is 9.79. The number of esters is 2. The molecule has 0 unspecified atom stereocenters. The van der Waals surface area contributed by atoms with E-state index in [9.17, 15) is 19.2 Å². The number of thiazole rings is 1. The summed E-state index contributed by atoms with van der Waals surface area (Å²) in [5, 5.41) is 5.21. The topological polar surface area (TPSA) is 115 Å². The van der Waals surface area contributed by atoms with Crippen molar-refractivity contribution in [2.45, 2.75) is 106 Å². The number of amides is 2. The van der Waals surface area contributed by atoms with Crippen molar-refractivity contribution in [2.75, 3.05) is 13.7 Å². The average Bonchev–Trinajstić information content (AvgIpc) is 3.49. The van der Waals surface area contributed by atoms with Crippen molar-refractivity contribution in [3.05, 3.63) is 52.0 Å². The molecule has 0 saturated carbocycles. The van der Waals surface area contributed by atoms with Gasteiger partial charge in [0.25, 0.3) is 5.91 Å². The van der Waals surface area contributed by atoms with Gasteiger partial charge in [0, 0.05) is 43.8 Å². The molecule has 9 nitrogen and oxygen atoms in total. The van der Waals surface area contributed by atoms with Crippen LogP contribution in [0.25, 0.3) is 0 Å². The van der Waals surface area contributed by atoms with Crippen molar-refractivity contribution in [1.29, 1.82) is 0 Å². The lowest BCUT2D eigenvalue weighted by Crippen LogP contribution is -2.46. The summed E-state index contributed by atoms with van der Waals surface area (Å²) in [6, 6.07) is 9.20. The van der Waals surface area contributed by atoms with Gasteiger partial charge in [0.15, 0.2) is 6.10 Å². The van der Waals surface area contributed by atoms with Crippen LogP contribution < -0.4 is 5.32 Å². The third-order valence-electron chi connectivity index (χ3n) is 8.85. The van der Waals surface area contributed by atoms with Crippen molar-refractivity contribution >= 4 is 35.1 Å². The second kappa shape index (κ2) is 17.4. The van der Waals surface area contributed by atoms with Gasteiger partial charge in [-0.1, -0.05) is 85.2 Å². The predicted molar refractivity (Wildman–Crippen MR) is 178 cm³/mol. The molecule has 0 bridgehead atoms. The molecule has 1 aromatic heterocycles. The van der Waals surface area contributed by atoms with Crippen LogP contribution >= 0.6 is 11.3 Å². The summed E-state index contributed by atoms with van der Waals surface area (Å²) in [6.45, 7) is 17.5. The molecule has 1 heterocycles. The van der Waals surface area contributed by atoms with Crippen LogP contribution in [-0.4, -0.2) is 59.4 Å². The minimum atomic E-state index is -0.727. The van der Waals surface area contributed by atoms with Crippen LogP contribution in [0, 0.1) is 23.2 Å². The number of ether oxygens (including phenoxy) is 2. The fourth-order valence-electron chi connectivity index (χ4n) is 5.30. The maximum Gasteiger partial charge on any atom is 0.308 e.